The highest BCUT2D eigenvalue weighted by molar-refractivity contribution is 5.30. The second-order valence-corrected chi connectivity index (χ2v) is 8.37. The molecule has 0 spiro atoms. The molecule has 28 heavy (non-hydrogen) atoms. The minimum absolute atomic E-state index is 0.0651. The van der Waals surface area contributed by atoms with Gasteiger partial charge in [-0.2, -0.15) is 0 Å². The van der Waals surface area contributed by atoms with Gasteiger partial charge in [0.1, 0.15) is 11.4 Å². The lowest BCUT2D eigenvalue weighted by atomic mass is 9.94. The largest absolute Gasteiger partial charge is 0.486 e. The van der Waals surface area contributed by atoms with Gasteiger partial charge in [0, 0.05) is 64.6 Å². The van der Waals surface area contributed by atoms with Crippen molar-refractivity contribution in [3.8, 4) is 5.75 Å². The van der Waals surface area contributed by atoms with E-state index in [0.29, 0.717) is 0 Å². The van der Waals surface area contributed by atoms with Crippen LogP contribution >= 0.6 is 0 Å². The van der Waals surface area contributed by atoms with Crippen molar-refractivity contribution in [2.45, 2.75) is 31.4 Å². The molecule has 0 radical (unpaired) electrons. The zero-order valence-corrected chi connectivity index (χ0v) is 16.5. The Balaban J connectivity index is 1.14. The first kappa shape index (κ1) is 17.9. The van der Waals surface area contributed by atoms with Gasteiger partial charge >= 0.3 is 0 Å². The van der Waals surface area contributed by atoms with Gasteiger partial charge in [-0.25, -0.2) is 9.97 Å². The molecule has 148 valence electrons. The van der Waals surface area contributed by atoms with Crippen molar-refractivity contribution in [2.24, 2.45) is 0 Å². The minimum Gasteiger partial charge on any atom is -0.486 e. The SMILES string of the molecule is c1cnc(N2CCN(Cc3ccc(O[C@@]45CCCN(CC4)C5)cc3)CC2)nc1. The summed E-state index contributed by atoms with van der Waals surface area (Å²) in [6, 6.07) is 10.6. The maximum absolute atomic E-state index is 6.47. The van der Waals surface area contributed by atoms with E-state index in [1.165, 1.54) is 37.9 Å². The number of nitrogens with zero attached hydrogens (tertiary/aromatic N) is 5. The molecule has 0 saturated carbocycles. The smallest absolute Gasteiger partial charge is 0.225 e. The normalized spacial score (nSPS) is 27.7. The van der Waals surface area contributed by atoms with Crippen LogP contribution in [0.1, 0.15) is 24.8 Å². The van der Waals surface area contributed by atoms with Gasteiger partial charge in [-0.1, -0.05) is 12.1 Å². The summed E-state index contributed by atoms with van der Waals surface area (Å²) >= 11 is 0. The number of ether oxygens (including phenoxy) is 1. The molecule has 6 nitrogen and oxygen atoms in total. The Kier molecular flexibility index (Phi) is 4.91. The number of hydrogen-bond donors (Lipinski definition) is 0. The fraction of sp³-hybridized carbons (Fsp3) is 0.545. The van der Waals surface area contributed by atoms with Gasteiger partial charge in [0.2, 0.25) is 5.95 Å². The molecule has 0 amide bonds. The molecule has 4 heterocycles. The summed E-state index contributed by atoms with van der Waals surface area (Å²) in [6.07, 6.45) is 7.26. The fourth-order valence-corrected chi connectivity index (χ4v) is 4.81. The molecular formula is C22H29N5O. The van der Waals surface area contributed by atoms with E-state index in [1.807, 2.05) is 18.5 Å². The number of anilines is 1. The number of fused-ring (bicyclic) bond motifs is 2. The molecule has 1 aromatic heterocycles. The Morgan fingerprint density at radius 3 is 2.46 bits per heavy atom. The molecule has 5 rings (SSSR count). The van der Waals surface area contributed by atoms with Gasteiger partial charge in [0.05, 0.1) is 0 Å². The van der Waals surface area contributed by atoms with E-state index >= 15 is 0 Å². The molecule has 3 aliphatic heterocycles. The van der Waals surface area contributed by atoms with Crippen LogP contribution in [0, 0.1) is 0 Å². The topological polar surface area (TPSA) is 44.7 Å². The third kappa shape index (κ3) is 3.84. The predicted molar refractivity (Wildman–Crippen MR) is 110 cm³/mol. The van der Waals surface area contributed by atoms with Crippen molar-refractivity contribution in [1.29, 1.82) is 0 Å². The van der Waals surface area contributed by atoms with Crippen molar-refractivity contribution in [3.05, 3.63) is 48.3 Å². The second-order valence-electron chi connectivity index (χ2n) is 8.37. The molecule has 3 aliphatic rings. The summed E-state index contributed by atoms with van der Waals surface area (Å²) < 4.78 is 6.47. The zero-order chi connectivity index (χ0) is 18.8. The average Bonchev–Trinajstić information content (AvgIpc) is 3.04. The Morgan fingerprint density at radius 1 is 0.893 bits per heavy atom. The third-order valence-electron chi connectivity index (χ3n) is 6.37. The number of piperidine rings is 1. The number of piperazine rings is 1. The summed E-state index contributed by atoms with van der Waals surface area (Å²) in [5.74, 6) is 1.87. The van der Waals surface area contributed by atoms with E-state index in [4.69, 9.17) is 4.74 Å². The van der Waals surface area contributed by atoms with Gasteiger partial charge in [-0.05, 0) is 43.1 Å². The molecule has 2 atom stereocenters. The highest BCUT2D eigenvalue weighted by Crippen LogP contribution is 2.35. The second kappa shape index (κ2) is 7.68. The molecule has 1 unspecified atom stereocenters. The zero-order valence-electron chi connectivity index (χ0n) is 16.5. The molecule has 2 bridgehead atoms. The number of aromatic nitrogens is 2. The predicted octanol–water partition coefficient (Wildman–Crippen LogP) is 2.42. The maximum atomic E-state index is 6.47. The molecule has 1 aromatic carbocycles. The Morgan fingerprint density at radius 2 is 1.68 bits per heavy atom. The lowest BCUT2D eigenvalue weighted by molar-refractivity contribution is 0.0452. The summed E-state index contributed by atoms with van der Waals surface area (Å²) in [7, 11) is 0. The summed E-state index contributed by atoms with van der Waals surface area (Å²) in [4.78, 5) is 16.0. The molecule has 0 aliphatic carbocycles. The van der Waals surface area contributed by atoms with Gasteiger partial charge in [-0.15, -0.1) is 0 Å². The van der Waals surface area contributed by atoms with Crippen LogP contribution in [0.15, 0.2) is 42.7 Å². The summed E-state index contributed by atoms with van der Waals surface area (Å²) in [6.45, 7) is 8.55. The lowest BCUT2D eigenvalue weighted by Gasteiger charge is -2.35. The number of hydrogen-bond acceptors (Lipinski definition) is 6. The first-order chi connectivity index (χ1) is 13.8. The van der Waals surface area contributed by atoms with Gasteiger partial charge < -0.3 is 9.64 Å². The maximum Gasteiger partial charge on any atom is 0.225 e. The van der Waals surface area contributed by atoms with E-state index in [1.54, 1.807) is 0 Å². The summed E-state index contributed by atoms with van der Waals surface area (Å²) in [5, 5.41) is 0. The Bertz CT molecular complexity index is 771. The van der Waals surface area contributed by atoms with Crippen molar-refractivity contribution in [2.75, 3.05) is 50.7 Å². The molecule has 6 heteroatoms. The summed E-state index contributed by atoms with van der Waals surface area (Å²) in [5.41, 5.74) is 1.42. The standard InChI is InChI=1S/C22H29N5O/c1-7-22(8-12-26(11-1)18-22)28-20-5-3-19(4-6-20)17-25-13-15-27(16-14-25)21-23-9-2-10-24-21/h2-6,9-10H,1,7-8,11-18H2/t22-/m0/s1. The Hall–Kier alpha value is -2.18. The van der Waals surface area contributed by atoms with Crippen molar-refractivity contribution in [3.63, 3.8) is 0 Å². The molecule has 3 fully saturated rings. The molecular weight excluding hydrogens is 350 g/mol. The van der Waals surface area contributed by atoms with Crippen molar-refractivity contribution < 1.29 is 4.74 Å². The van der Waals surface area contributed by atoms with Crippen LogP contribution < -0.4 is 9.64 Å². The average molecular weight is 380 g/mol. The molecule has 3 saturated heterocycles. The highest BCUT2D eigenvalue weighted by Gasteiger charge is 2.42. The number of rotatable bonds is 5. The minimum atomic E-state index is 0.0651. The van der Waals surface area contributed by atoms with E-state index in [9.17, 15) is 0 Å². The van der Waals surface area contributed by atoms with Gasteiger partial charge in [0.15, 0.2) is 0 Å². The monoisotopic (exact) mass is 379 g/mol. The van der Waals surface area contributed by atoms with Crippen LogP contribution in [0.5, 0.6) is 5.75 Å². The van der Waals surface area contributed by atoms with Crippen LogP contribution in [-0.2, 0) is 6.54 Å². The third-order valence-corrected chi connectivity index (χ3v) is 6.37. The highest BCUT2D eigenvalue weighted by atomic mass is 16.5. The fourth-order valence-electron chi connectivity index (χ4n) is 4.81. The van der Waals surface area contributed by atoms with Crippen LogP contribution in [0.4, 0.5) is 5.95 Å². The van der Waals surface area contributed by atoms with E-state index in [2.05, 4.69) is 48.9 Å². The number of benzene rings is 1. The van der Waals surface area contributed by atoms with Gasteiger partial charge in [0.25, 0.3) is 0 Å². The van der Waals surface area contributed by atoms with Crippen LogP contribution in [0.3, 0.4) is 0 Å². The molecule has 2 aromatic rings. The van der Waals surface area contributed by atoms with E-state index in [0.717, 1.165) is 51.0 Å². The van der Waals surface area contributed by atoms with Crippen LogP contribution in [-0.4, -0.2) is 71.2 Å². The van der Waals surface area contributed by atoms with Crippen LogP contribution in [0.2, 0.25) is 0 Å². The molecule has 0 N–H and O–H groups in total. The first-order valence-corrected chi connectivity index (χ1v) is 10.5. The van der Waals surface area contributed by atoms with Crippen LogP contribution in [0.25, 0.3) is 0 Å². The van der Waals surface area contributed by atoms with Gasteiger partial charge in [-0.3, -0.25) is 9.80 Å². The van der Waals surface area contributed by atoms with Crippen molar-refractivity contribution >= 4 is 5.95 Å². The van der Waals surface area contributed by atoms with Crippen molar-refractivity contribution in [1.82, 2.24) is 19.8 Å². The Labute approximate surface area is 167 Å². The quantitative estimate of drug-likeness (QED) is 0.795. The first-order valence-electron chi connectivity index (χ1n) is 10.5. The lowest BCUT2D eigenvalue weighted by Crippen LogP contribution is -2.46. The van der Waals surface area contributed by atoms with E-state index < -0.39 is 0 Å². The van der Waals surface area contributed by atoms with E-state index in [-0.39, 0.29) is 5.60 Å².